The van der Waals surface area contributed by atoms with Crippen LogP contribution in [0.2, 0.25) is 0 Å². The van der Waals surface area contributed by atoms with E-state index in [9.17, 15) is 9.59 Å². The van der Waals surface area contributed by atoms with Gasteiger partial charge in [0.25, 0.3) is 11.7 Å². The van der Waals surface area contributed by atoms with Crippen LogP contribution in [0.5, 0.6) is 0 Å². The van der Waals surface area contributed by atoms with Gasteiger partial charge in [0.05, 0.1) is 6.61 Å². The Balaban J connectivity index is 2.07. The monoisotopic (exact) mass is 382 g/mol. The fourth-order valence-electron chi connectivity index (χ4n) is 2.34. The van der Waals surface area contributed by atoms with Gasteiger partial charge in [0.15, 0.2) is 4.34 Å². The highest BCUT2D eigenvalue weighted by Gasteiger charge is 2.23. The number of methoxy groups -OCH3 is 1. The number of carbonyl (C=O) groups excluding carboxylic acids is 2. The molecule has 0 spiro atoms. The molecule has 7 nitrogen and oxygen atoms in total. The number of nitrogens with zero attached hydrogens (tertiary/aromatic N) is 3. The van der Waals surface area contributed by atoms with Crippen LogP contribution in [-0.2, 0) is 16.1 Å². The summed E-state index contributed by atoms with van der Waals surface area (Å²) in [5.74, 6) is -0.334. The van der Waals surface area contributed by atoms with Gasteiger partial charge in [-0.1, -0.05) is 30.0 Å². The Morgan fingerprint density at radius 3 is 2.80 bits per heavy atom. The number of nitrogens with one attached hydrogen (secondary N) is 1. The number of ketones is 1. The molecule has 2 rings (SSSR count). The zero-order valence-electron chi connectivity index (χ0n) is 14.8. The Morgan fingerprint density at radius 1 is 1.36 bits per heavy atom. The number of anilines is 1. The minimum atomic E-state index is -0.699. The van der Waals surface area contributed by atoms with Gasteiger partial charge in [0, 0.05) is 36.4 Å². The summed E-state index contributed by atoms with van der Waals surface area (Å²) in [4.78, 5) is 24.7. The van der Waals surface area contributed by atoms with Gasteiger partial charge in [-0.05, 0) is 26.3 Å². The Morgan fingerprint density at radius 2 is 2.12 bits per heavy atom. The first-order valence-corrected chi connectivity index (χ1v) is 9.75. The summed E-state index contributed by atoms with van der Waals surface area (Å²) < 4.78 is 7.83. The third-order valence-corrected chi connectivity index (χ3v) is 5.78. The molecule has 2 heterocycles. The van der Waals surface area contributed by atoms with Gasteiger partial charge in [-0.3, -0.25) is 14.9 Å². The quantitative estimate of drug-likeness (QED) is 0.311. The lowest BCUT2D eigenvalue weighted by Crippen LogP contribution is -2.23. The predicted octanol–water partition coefficient (Wildman–Crippen LogP) is 2.93. The summed E-state index contributed by atoms with van der Waals surface area (Å²) in [6.45, 7) is 6.99. The predicted molar refractivity (Wildman–Crippen MR) is 99.7 cm³/mol. The third-order valence-electron chi connectivity index (χ3n) is 3.60. The molecule has 0 aliphatic heterocycles. The van der Waals surface area contributed by atoms with E-state index in [1.54, 1.807) is 24.9 Å². The smallest absolute Gasteiger partial charge is 0.298 e. The average molecular weight is 383 g/mol. The van der Waals surface area contributed by atoms with Crippen molar-refractivity contribution in [2.75, 3.05) is 24.8 Å². The number of thioether (sulfide) groups is 1. The fourth-order valence-corrected chi connectivity index (χ4v) is 4.01. The van der Waals surface area contributed by atoms with Crippen LogP contribution in [-0.4, -0.2) is 45.9 Å². The van der Waals surface area contributed by atoms with Crippen LogP contribution in [0.1, 0.15) is 35.1 Å². The molecule has 0 radical (unpaired) electrons. The minimum Gasteiger partial charge on any atom is -0.383 e. The molecular weight excluding hydrogens is 360 g/mol. The van der Waals surface area contributed by atoms with Gasteiger partial charge in [0.1, 0.15) is 0 Å². The summed E-state index contributed by atoms with van der Waals surface area (Å²) in [6, 6.07) is 1.73. The molecule has 0 fully saturated rings. The van der Waals surface area contributed by atoms with Crippen molar-refractivity contribution in [3.8, 4) is 0 Å². The van der Waals surface area contributed by atoms with Gasteiger partial charge in [-0.15, -0.1) is 10.2 Å². The molecule has 0 saturated carbocycles. The van der Waals surface area contributed by atoms with Crippen molar-refractivity contribution < 1.29 is 14.3 Å². The molecule has 136 valence electrons. The van der Waals surface area contributed by atoms with E-state index >= 15 is 0 Å². The SMILES string of the molecule is CCCSc1nnc(NC(=O)C(=O)c2cc(C)n(CCOC)c2C)s1. The van der Waals surface area contributed by atoms with Crippen LogP contribution in [0.15, 0.2) is 10.4 Å². The molecule has 2 aromatic heterocycles. The molecule has 9 heteroatoms. The zero-order chi connectivity index (χ0) is 18.4. The molecule has 0 saturated heterocycles. The van der Waals surface area contributed by atoms with Gasteiger partial charge < -0.3 is 9.30 Å². The number of Topliss-reactive ketones (excluding diaryl/α,β-unsaturated/α-hetero) is 1. The number of ether oxygens (including phenoxy) is 1. The molecule has 0 aliphatic rings. The van der Waals surface area contributed by atoms with E-state index in [1.807, 2.05) is 18.4 Å². The first-order valence-electron chi connectivity index (χ1n) is 7.95. The second-order valence-corrected chi connectivity index (χ2v) is 7.75. The zero-order valence-corrected chi connectivity index (χ0v) is 16.4. The highest BCUT2D eigenvalue weighted by atomic mass is 32.2. The molecule has 0 atom stereocenters. The van der Waals surface area contributed by atoms with Crippen LogP contribution in [0, 0.1) is 13.8 Å². The van der Waals surface area contributed by atoms with Crippen LogP contribution < -0.4 is 5.32 Å². The third kappa shape index (κ3) is 4.90. The maximum Gasteiger partial charge on any atom is 0.298 e. The lowest BCUT2D eigenvalue weighted by molar-refractivity contribution is -0.112. The van der Waals surface area contributed by atoms with Gasteiger partial charge in [0.2, 0.25) is 5.13 Å². The molecule has 25 heavy (non-hydrogen) atoms. The number of rotatable bonds is 9. The van der Waals surface area contributed by atoms with Crippen molar-refractivity contribution in [1.29, 1.82) is 0 Å². The molecule has 2 aromatic rings. The number of aryl methyl sites for hydroxylation is 1. The van der Waals surface area contributed by atoms with Gasteiger partial charge in [-0.25, -0.2) is 0 Å². The van der Waals surface area contributed by atoms with Crippen LogP contribution in [0.25, 0.3) is 0 Å². The summed E-state index contributed by atoms with van der Waals surface area (Å²) in [5.41, 5.74) is 2.07. The molecule has 0 bridgehead atoms. The molecule has 1 amide bonds. The number of amides is 1. The van der Waals surface area contributed by atoms with Crippen molar-refractivity contribution in [2.24, 2.45) is 0 Å². The van der Waals surface area contributed by atoms with E-state index in [0.29, 0.717) is 23.8 Å². The summed E-state index contributed by atoms with van der Waals surface area (Å²) in [5, 5.41) is 10.8. The van der Waals surface area contributed by atoms with E-state index in [1.165, 1.54) is 11.3 Å². The van der Waals surface area contributed by atoms with Crippen molar-refractivity contribution in [2.45, 2.75) is 38.1 Å². The van der Waals surface area contributed by atoms with E-state index in [4.69, 9.17) is 4.74 Å². The fraction of sp³-hybridized carbons (Fsp3) is 0.500. The lowest BCUT2D eigenvalue weighted by atomic mass is 10.1. The van der Waals surface area contributed by atoms with Crippen molar-refractivity contribution in [3.05, 3.63) is 23.0 Å². The minimum absolute atomic E-state index is 0.338. The Hall–Kier alpha value is -1.71. The first kappa shape index (κ1) is 19.6. The van der Waals surface area contributed by atoms with E-state index in [0.717, 1.165) is 27.9 Å². The number of carbonyl (C=O) groups is 2. The summed E-state index contributed by atoms with van der Waals surface area (Å²) in [7, 11) is 1.63. The second kappa shape index (κ2) is 9.12. The molecular formula is C16H22N4O3S2. The van der Waals surface area contributed by atoms with E-state index < -0.39 is 11.7 Å². The van der Waals surface area contributed by atoms with Crippen LogP contribution in [0.4, 0.5) is 5.13 Å². The maximum atomic E-state index is 12.5. The van der Waals surface area contributed by atoms with E-state index in [-0.39, 0.29) is 0 Å². The second-order valence-electron chi connectivity index (χ2n) is 5.43. The Kier molecular flexibility index (Phi) is 7.15. The van der Waals surface area contributed by atoms with Crippen LogP contribution >= 0.6 is 23.1 Å². The van der Waals surface area contributed by atoms with Crippen molar-refractivity contribution in [1.82, 2.24) is 14.8 Å². The summed E-state index contributed by atoms with van der Waals surface area (Å²) in [6.07, 6.45) is 1.03. The Labute approximate surface area is 155 Å². The molecule has 1 N–H and O–H groups in total. The normalized spacial score (nSPS) is 10.9. The average Bonchev–Trinajstić information content (AvgIpc) is 3.15. The largest absolute Gasteiger partial charge is 0.383 e. The number of hydrogen-bond donors (Lipinski definition) is 1. The number of aromatic nitrogens is 3. The first-order chi connectivity index (χ1) is 12.0. The summed E-state index contributed by atoms with van der Waals surface area (Å²) >= 11 is 2.85. The topological polar surface area (TPSA) is 86.1 Å². The standard InChI is InChI=1S/C16H22N4O3S2/c1-5-8-24-16-19-18-15(25-16)17-14(22)13(21)12-9-10(2)20(11(12)3)6-7-23-4/h9H,5-8H2,1-4H3,(H,17,18,22). The highest BCUT2D eigenvalue weighted by molar-refractivity contribution is 8.01. The van der Waals surface area contributed by atoms with Crippen molar-refractivity contribution in [3.63, 3.8) is 0 Å². The van der Waals surface area contributed by atoms with Crippen LogP contribution in [0.3, 0.4) is 0 Å². The highest BCUT2D eigenvalue weighted by Crippen LogP contribution is 2.26. The lowest BCUT2D eigenvalue weighted by Gasteiger charge is -2.08. The number of hydrogen-bond acceptors (Lipinski definition) is 7. The van der Waals surface area contributed by atoms with Crippen molar-refractivity contribution >= 4 is 39.9 Å². The molecule has 0 aliphatic carbocycles. The maximum absolute atomic E-state index is 12.5. The Bertz CT molecular complexity index is 755. The molecule has 0 aromatic carbocycles. The van der Waals surface area contributed by atoms with Gasteiger partial charge >= 0.3 is 0 Å². The van der Waals surface area contributed by atoms with E-state index in [2.05, 4.69) is 22.4 Å². The molecule has 0 unspecified atom stereocenters. The van der Waals surface area contributed by atoms with Gasteiger partial charge in [-0.2, -0.15) is 0 Å².